The van der Waals surface area contributed by atoms with Gasteiger partial charge in [-0.15, -0.1) is 0 Å². The van der Waals surface area contributed by atoms with Gasteiger partial charge in [0.1, 0.15) is 6.10 Å². The minimum atomic E-state index is 0.0347. The number of carbonyl (C=O) groups excluding carboxylic acids is 1. The van der Waals surface area contributed by atoms with Crippen LogP contribution in [0.4, 0.5) is 0 Å². The van der Waals surface area contributed by atoms with Crippen molar-refractivity contribution in [3.8, 4) is 0 Å². The first-order valence-electron chi connectivity index (χ1n) is 4.10. The molecule has 0 fully saturated rings. The maximum atomic E-state index is 9.95. The highest BCUT2D eigenvalue weighted by Gasteiger charge is 2.15. The van der Waals surface area contributed by atoms with Crippen LogP contribution in [0, 0.1) is 11.8 Å². The Labute approximate surface area is 68.9 Å². The summed E-state index contributed by atoms with van der Waals surface area (Å²) < 4.78 is 4.81. The van der Waals surface area contributed by atoms with Crippen LogP contribution in [0.5, 0.6) is 0 Å². The first-order chi connectivity index (χ1) is 5.07. The van der Waals surface area contributed by atoms with Gasteiger partial charge >= 0.3 is 6.47 Å². The first kappa shape index (κ1) is 10.5. The van der Waals surface area contributed by atoms with E-state index in [-0.39, 0.29) is 6.10 Å². The Morgan fingerprint density at radius 2 is 1.82 bits per heavy atom. The second-order valence-electron chi connectivity index (χ2n) is 3.61. The zero-order chi connectivity index (χ0) is 8.85. The van der Waals surface area contributed by atoms with Crippen molar-refractivity contribution in [2.75, 3.05) is 0 Å². The molecule has 0 spiro atoms. The monoisotopic (exact) mass is 157 g/mol. The van der Waals surface area contributed by atoms with E-state index in [1.165, 1.54) is 6.47 Å². The van der Waals surface area contributed by atoms with Gasteiger partial charge in [-0.2, -0.15) is 0 Å². The van der Waals surface area contributed by atoms with E-state index < -0.39 is 0 Å². The molecule has 0 aliphatic carbocycles. The van der Waals surface area contributed by atoms with Crippen molar-refractivity contribution in [2.24, 2.45) is 11.8 Å². The zero-order valence-corrected chi connectivity index (χ0v) is 7.76. The molecule has 0 bridgehead atoms. The topological polar surface area (TPSA) is 26.3 Å². The van der Waals surface area contributed by atoms with Crippen molar-refractivity contribution >= 4 is 6.47 Å². The van der Waals surface area contributed by atoms with E-state index >= 15 is 0 Å². The summed E-state index contributed by atoms with van der Waals surface area (Å²) in [5.74, 6) is 0.953. The van der Waals surface area contributed by atoms with Gasteiger partial charge in [0.15, 0.2) is 0 Å². The lowest BCUT2D eigenvalue weighted by Gasteiger charge is -2.19. The molecule has 0 aromatic carbocycles. The molecule has 2 nitrogen and oxygen atoms in total. The number of rotatable bonds is 5. The molecule has 0 amide bonds. The minimum absolute atomic E-state index is 0.0347. The van der Waals surface area contributed by atoms with E-state index in [1.807, 2.05) is 13.8 Å². The van der Waals surface area contributed by atoms with Gasteiger partial charge < -0.3 is 4.74 Å². The largest absolute Gasteiger partial charge is 0.454 e. The molecule has 0 aliphatic heterocycles. The van der Waals surface area contributed by atoms with Gasteiger partial charge in [-0.05, 0) is 18.3 Å². The molecular formula is C9H17O2. The van der Waals surface area contributed by atoms with Gasteiger partial charge in [0.25, 0.3) is 0 Å². The van der Waals surface area contributed by atoms with Gasteiger partial charge in [-0.3, -0.25) is 0 Å². The lowest BCUT2D eigenvalue weighted by Crippen LogP contribution is -2.21. The zero-order valence-electron chi connectivity index (χ0n) is 7.76. The molecule has 0 heterocycles. The molecule has 0 aliphatic rings. The third-order valence-corrected chi connectivity index (χ3v) is 1.65. The maximum absolute atomic E-state index is 9.95. The summed E-state index contributed by atoms with van der Waals surface area (Å²) in [7, 11) is 0. The van der Waals surface area contributed by atoms with E-state index in [2.05, 4.69) is 13.8 Å². The van der Waals surface area contributed by atoms with Crippen molar-refractivity contribution in [2.45, 2.75) is 40.2 Å². The molecule has 11 heavy (non-hydrogen) atoms. The van der Waals surface area contributed by atoms with Crippen molar-refractivity contribution in [1.29, 1.82) is 0 Å². The number of hydrogen-bond acceptors (Lipinski definition) is 2. The Hall–Kier alpha value is -0.530. The quantitative estimate of drug-likeness (QED) is 0.611. The van der Waals surface area contributed by atoms with Crippen molar-refractivity contribution in [3.63, 3.8) is 0 Å². The molecular weight excluding hydrogens is 140 g/mol. The van der Waals surface area contributed by atoms with Crippen LogP contribution in [0.2, 0.25) is 0 Å². The van der Waals surface area contributed by atoms with E-state index in [0.717, 1.165) is 6.42 Å². The highest BCUT2D eigenvalue weighted by atomic mass is 16.5. The summed E-state index contributed by atoms with van der Waals surface area (Å²) in [6, 6.07) is 0. The highest BCUT2D eigenvalue weighted by molar-refractivity contribution is 5.38. The van der Waals surface area contributed by atoms with E-state index in [0.29, 0.717) is 11.8 Å². The van der Waals surface area contributed by atoms with Gasteiger partial charge in [0.2, 0.25) is 0 Å². The molecule has 2 heteroatoms. The standard InChI is InChI=1S/C9H17O2/c1-7(2)5-9(8(3)4)11-6-10/h7-9H,5H2,1-4H3. The average Bonchev–Trinajstić information content (AvgIpc) is 1.86. The van der Waals surface area contributed by atoms with Crippen LogP contribution >= 0.6 is 0 Å². The predicted octanol–water partition coefficient (Wildman–Crippen LogP) is 2.14. The lowest BCUT2D eigenvalue weighted by atomic mass is 9.97. The molecule has 0 rings (SSSR count). The fraction of sp³-hybridized carbons (Fsp3) is 0.889. The fourth-order valence-corrected chi connectivity index (χ4v) is 0.983. The summed E-state index contributed by atoms with van der Waals surface area (Å²) in [4.78, 5) is 9.95. The Morgan fingerprint density at radius 1 is 1.27 bits per heavy atom. The molecule has 0 saturated carbocycles. The van der Waals surface area contributed by atoms with Gasteiger partial charge in [0, 0.05) is 0 Å². The number of ether oxygens (including phenoxy) is 1. The van der Waals surface area contributed by atoms with Crippen molar-refractivity contribution in [1.82, 2.24) is 0 Å². The second-order valence-corrected chi connectivity index (χ2v) is 3.61. The van der Waals surface area contributed by atoms with Crippen LogP contribution in [0.25, 0.3) is 0 Å². The predicted molar refractivity (Wildman–Crippen MR) is 44.9 cm³/mol. The molecule has 1 atom stereocenters. The van der Waals surface area contributed by atoms with Crippen LogP contribution in [-0.2, 0) is 9.53 Å². The third kappa shape index (κ3) is 4.82. The fourth-order valence-electron chi connectivity index (χ4n) is 0.983. The molecule has 0 saturated heterocycles. The summed E-state index contributed by atoms with van der Waals surface area (Å²) in [6.45, 7) is 9.83. The Morgan fingerprint density at radius 3 is 2.09 bits per heavy atom. The summed E-state index contributed by atoms with van der Waals surface area (Å²) in [6.07, 6.45) is 0.958. The van der Waals surface area contributed by atoms with Crippen molar-refractivity contribution in [3.05, 3.63) is 0 Å². The molecule has 0 N–H and O–H groups in total. The lowest BCUT2D eigenvalue weighted by molar-refractivity contribution is 0.109. The molecule has 1 unspecified atom stereocenters. The molecule has 0 aromatic rings. The van der Waals surface area contributed by atoms with E-state index in [4.69, 9.17) is 4.74 Å². The van der Waals surface area contributed by atoms with E-state index in [9.17, 15) is 4.79 Å². The molecule has 0 aromatic heterocycles. The third-order valence-electron chi connectivity index (χ3n) is 1.65. The normalized spacial score (nSPS) is 13.6. The summed E-state index contributed by atoms with van der Waals surface area (Å²) >= 11 is 0. The van der Waals surface area contributed by atoms with Crippen LogP contribution in [-0.4, -0.2) is 12.6 Å². The highest BCUT2D eigenvalue weighted by Crippen LogP contribution is 2.15. The maximum Gasteiger partial charge on any atom is 0.417 e. The second kappa shape index (κ2) is 5.16. The Balaban J connectivity index is 3.78. The van der Waals surface area contributed by atoms with E-state index in [1.54, 1.807) is 0 Å². The summed E-state index contributed by atoms with van der Waals surface area (Å²) in [5, 5.41) is 0. The average molecular weight is 157 g/mol. The van der Waals surface area contributed by atoms with Gasteiger partial charge in [-0.1, -0.05) is 27.7 Å². The molecule has 1 radical (unpaired) electrons. The van der Waals surface area contributed by atoms with Crippen LogP contribution < -0.4 is 0 Å². The van der Waals surface area contributed by atoms with Crippen LogP contribution in [0.1, 0.15) is 34.1 Å². The Kier molecular flexibility index (Phi) is 4.92. The smallest absolute Gasteiger partial charge is 0.417 e. The summed E-state index contributed by atoms with van der Waals surface area (Å²) in [5.41, 5.74) is 0. The number of hydrogen-bond donors (Lipinski definition) is 0. The molecule has 65 valence electrons. The van der Waals surface area contributed by atoms with Crippen molar-refractivity contribution < 1.29 is 9.53 Å². The Bertz CT molecular complexity index is 108. The van der Waals surface area contributed by atoms with Crippen LogP contribution in [0.3, 0.4) is 0 Å². The van der Waals surface area contributed by atoms with Gasteiger partial charge in [-0.25, -0.2) is 4.79 Å². The van der Waals surface area contributed by atoms with Gasteiger partial charge in [0.05, 0.1) is 0 Å². The SMILES string of the molecule is CC(C)CC(O[C]=O)C(C)C. The first-order valence-corrected chi connectivity index (χ1v) is 4.10. The van der Waals surface area contributed by atoms with Crippen LogP contribution in [0.15, 0.2) is 0 Å². The minimum Gasteiger partial charge on any atom is -0.454 e.